The summed E-state index contributed by atoms with van der Waals surface area (Å²) in [7, 11) is 0. The first kappa shape index (κ1) is 19.2. The van der Waals surface area contributed by atoms with Crippen molar-refractivity contribution in [1.82, 2.24) is 4.90 Å². The molecular weight excluding hydrogens is 398 g/mol. The summed E-state index contributed by atoms with van der Waals surface area (Å²) in [6.45, 7) is 0.371. The molecule has 3 aromatic rings. The van der Waals surface area contributed by atoms with Crippen molar-refractivity contribution in [2.45, 2.75) is 11.9 Å². The SMILES string of the molecule is O=C(Nc1ccc(F)cc1F)c1ccc(C2SCC(=O)N2Cc2ccco2)cc1. The molecule has 148 valence electrons. The van der Waals surface area contributed by atoms with Crippen LogP contribution >= 0.6 is 11.8 Å². The maximum Gasteiger partial charge on any atom is 0.255 e. The van der Waals surface area contributed by atoms with Crippen LogP contribution in [0, 0.1) is 11.6 Å². The average molecular weight is 414 g/mol. The number of rotatable bonds is 5. The number of nitrogens with one attached hydrogen (secondary N) is 1. The van der Waals surface area contributed by atoms with Gasteiger partial charge >= 0.3 is 0 Å². The van der Waals surface area contributed by atoms with E-state index in [1.165, 1.54) is 17.8 Å². The number of carbonyl (C=O) groups excluding carboxylic acids is 2. The van der Waals surface area contributed by atoms with Gasteiger partial charge in [-0.15, -0.1) is 11.8 Å². The Morgan fingerprint density at radius 2 is 1.97 bits per heavy atom. The summed E-state index contributed by atoms with van der Waals surface area (Å²) in [5.74, 6) is -0.980. The summed E-state index contributed by atoms with van der Waals surface area (Å²) in [5.41, 5.74) is 1.10. The van der Waals surface area contributed by atoms with E-state index in [0.29, 0.717) is 29.7 Å². The van der Waals surface area contributed by atoms with Crippen LogP contribution < -0.4 is 5.32 Å². The van der Waals surface area contributed by atoms with E-state index in [1.807, 2.05) is 6.07 Å². The third kappa shape index (κ3) is 4.17. The summed E-state index contributed by atoms with van der Waals surface area (Å²) in [5, 5.41) is 2.24. The molecule has 8 heteroatoms. The van der Waals surface area contributed by atoms with Gasteiger partial charge in [0.2, 0.25) is 5.91 Å². The van der Waals surface area contributed by atoms with Crippen molar-refractivity contribution >= 4 is 29.3 Å². The Bertz CT molecular complexity index is 1040. The maximum atomic E-state index is 13.7. The molecule has 1 fully saturated rings. The van der Waals surface area contributed by atoms with E-state index in [0.717, 1.165) is 11.6 Å². The van der Waals surface area contributed by atoms with Crippen molar-refractivity contribution in [2.24, 2.45) is 0 Å². The highest BCUT2D eigenvalue weighted by Crippen LogP contribution is 2.39. The first-order chi connectivity index (χ1) is 14.0. The number of furan rings is 1. The lowest BCUT2D eigenvalue weighted by atomic mass is 10.1. The molecule has 1 unspecified atom stereocenters. The number of hydrogen-bond donors (Lipinski definition) is 1. The lowest BCUT2D eigenvalue weighted by molar-refractivity contribution is -0.128. The van der Waals surface area contributed by atoms with Crippen LogP contribution in [0.4, 0.5) is 14.5 Å². The minimum absolute atomic E-state index is 0.0185. The maximum absolute atomic E-state index is 13.7. The zero-order valence-corrected chi connectivity index (χ0v) is 15.9. The quantitative estimate of drug-likeness (QED) is 0.664. The van der Waals surface area contributed by atoms with Gasteiger partial charge in [0.1, 0.15) is 22.8 Å². The van der Waals surface area contributed by atoms with Gasteiger partial charge in [0.25, 0.3) is 5.91 Å². The first-order valence-electron chi connectivity index (χ1n) is 8.81. The van der Waals surface area contributed by atoms with E-state index in [2.05, 4.69) is 5.32 Å². The van der Waals surface area contributed by atoms with Gasteiger partial charge in [0, 0.05) is 11.6 Å². The number of halogens is 2. The molecule has 1 aliphatic heterocycles. The Balaban J connectivity index is 1.48. The van der Waals surface area contributed by atoms with Crippen molar-refractivity contribution in [2.75, 3.05) is 11.1 Å². The van der Waals surface area contributed by atoms with Crippen molar-refractivity contribution in [3.05, 3.63) is 89.4 Å². The zero-order valence-electron chi connectivity index (χ0n) is 15.1. The molecule has 29 heavy (non-hydrogen) atoms. The second kappa shape index (κ2) is 8.08. The van der Waals surface area contributed by atoms with Crippen molar-refractivity contribution in [3.63, 3.8) is 0 Å². The van der Waals surface area contributed by atoms with E-state index >= 15 is 0 Å². The van der Waals surface area contributed by atoms with E-state index in [9.17, 15) is 18.4 Å². The molecule has 0 aliphatic carbocycles. The molecule has 0 radical (unpaired) electrons. The second-order valence-electron chi connectivity index (χ2n) is 6.46. The molecule has 1 N–H and O–H groups in total. The number of amides is 2. The van der Waals surface area contributed by atoms with Crippen LogP contribution in [0.1, 0.15) is 27.1 Å². The molecule has 4 rings (SSSR count). The van der Waals surface area contributed by atoms with Crippen LogP contribution in [0.3, 0.4) is 0 Å². The van der Waals surface area contributed by atoms with Crippen LogP contribution in [0.5, 0.6) is 0 Å². The van der Waals surface area contributed by atoms with Crippen molar-refractivity contribution < 1.29 is 22.8 Å². The fraction of sp³-hybridized carbons (Fsp3) is 0.143. The molecule has 1 saturated heterocycles. The average Bonchev–Trinajstić information content (AvgIpc) is 3.35. The van der Waals surface area contributed by atoms with Gasteiger partial charge in [0.15, 0.2) is 0 Å². The normalized spacial score (nSPS) is 16.3. The molecule has 0 spiro atoms. The lowest BCUT2D eigenvalue weighted by Gasteiger charge is -2.23. The Kier molecular flexibility index (Phi) is 5.35. The minimum atomic E-state index is -0.843. The molecule has 2 amide bonds. The third-order valence-corrected chi connectivity index (χ3v) is 5.77. The molecule has 1 aliphatic rings. The lowest BCUT2D eigenvalue weighted by Crippen LogP contribution is -2.27. The summed E-state index contributed by atoms with van der Waals surface area (Å²) in [6.07, 6.45) is 1.56. The van der Waals surface area contributed by atoms with E-state index in [4.69, 9.17) is 4.42 Å². The van der Waals surface area contributed by atoms with E-state index in [1.54, 1.807) is 41.5 Å². The van der Waals surface area contributed by atoms with E-state index < -0.39 is 17.5 Å². The number of hydrogen-bond acceptors (Lipinski definition) is 4. The first-order valence-corrected chi connectivity index (χ1v) is 9.86. The van der Waals surface area contributed by atoms with Gasteiger partial charge in [-0.3, -0.25) is 9.59 Å². The Morgan fingerprint density at radius 1 is 1.17 bits per heavy atom. The van der Waals surface area contributed by atoms with Crippen molar-refractivity contribution in [1.29, 1.82) is 0 Å². The highest BCUT2D eigenvalue weighted by Gasteiger charge is 2.33. The van der Waals surface area contributed by atoms with Crippen molar-refractivity contribution in [3.8, 4) is 0 Å². The Hall–Kier alpha value is -3.13. The van der Waals surface area contributed by atoms with Crippen LogP contribution in [-0.2, 0) is 11.3 Å². The summed E-state index contributed by atoms with van der Waals surface area (Å²) >= 11 is 1.50. The Labute approximate surface area is 169 Å². The van der Waals surface area contributed by atoms with Gasteiger partial charge < -0.3 is 14.6 Å². The molecule has 0 bridgehead atoms. The number of carbonyl (C=O) groups is 2. The van der Waals surface area contributed by atoms with Crippen LogP contribution in [0.15, 0.2) is 65.3 Å². The standard InChI is InChI=1S/C21H16F2N2O3S/c22-15-7-8-18(17(23)10-15)24-20(27)13-3-5-14(6-4-13)21-25(19(26)12-29-21)11-16-2-1-9-28-16/h1-10,21H,11-12H2,(H,24,27). The fourth-order valence-electron chi connectivity index (χ4n) is 3.06. The van der Waals surface area contributed by atoms with Gasteiger partial charge in [-0.2, -0.15) is 0 Å². The predicted octanol–water partition coefficient (Wildman–Crippen LogP) is 4.58. The Morgan fingerprint density at radius 3 is 2.66 bits per heavy atom. The molecular formula is C21H16F2N2O3S. The van der Waals surface area contributed by atoms with Crippen LogP contribution in [0.25, 0.3) is 0 Å². The summed E-state index contributed by atoms with van der Waals surface area (Å²) in [6, 6.07) is 13.3. The molecule has 1 atom stereocenters. The van der Waals surface area contributed by atoms with Gasteiger partial charge in [-0.25, -0.2) is 8.78 Å². The van der Waals surface area contributed by atoms with Gasteiger partial charge in [-0.05, 0) is 42.0 Å². The largest absolute Gasteiger partial charge is 0.467 e. The smallest absolute Gasteiger partial charge is 0.255 e. The third-order valence-electron chi connectivity index (χ3n) is 4.51. The monoisotopic (exact) mass is 414 g/mol. The van der Waals surface area contributed by atoms with Gasteiger partial charge in [-0.1, -0.05) is 12.1 Å². The topological polar surface area (TPSA) is 62.6 Å². The highest BCUT2D eigenvalue weighted by atomic mass is 32.2. The molecule has 1 aromatic heterocycles. The van der Waals surface area contributed by atoms with E-state index in [-0.39, 0.29) is 17.0 Å². The number of nitrogens with zero attached hydrogens (tertiary/aromatic N) is 1. The summed E-state index contributed by atoms with van der Waals surface area (Å²) < 4.78 is 32.1. The molecule has 0 saturated carbocycles. The minimum Gasteiger partial charge on any atom is -0.467 e. The van der Waals surface area contributed by atoms with Gasteiger partial charge in [0.05, 0.1) is 24.2 Å². The highest BCUT2D eigenvalue weighted by molar-refractivity contribution is 8.00. The second-order valence-corrected chi connectivity index (χ2v) is 7.53. The molecule has 2 heterocycles. The molecule has 2 aromatic carbocycles. The number of benzene rings is 2. The summed E-state index contributed by atoms with van der Waals surface area (Å²) in [4.78, 5) is 26.3. The number of anilines is 1. The predicted molar refractivity (Wildman–Crippen MR) is 105 cm³/mol. The van der Waals surface area contributed by atoms with Crippen LogP contribution in [0.2, 0.25) is 0 Å². The zero-order chi connectivity index (χ0) is 20.4. The van der Waals surface area contributed by atoms with Crippen LogP contribution in [-0.4, -0.2) is 22.5 Å². The fourth-order valence-corrected chi connectivity index (χ4v) is 4.24. The number of thioether (sulfide) groups is 1. The molecule has 5 nitrogen and oxygen atoms in total.